The van der Waals surface area contributed by atoms with Crippen LogP contribution < -0.4 is 0 Å². The van der Waals surface area contributed by atoms with Crippen LogP contribution in [-0.2, 0) is 7.05 Å². The fraction of sp³-hybridized carbons (Fsp3) is 0.125. The maximum absolute atomic E-state index is 9.08. The maximum Gasteiger partial charge on any atom is 0.177 e. The first-order valence-electron chi connectivity index (χ1n) is 3.30. The summed E-state index contributed by atoms with van der Waals surface area (Å²) in [5.41, 5.74) is 1.75. The van der Waals surface area contributed by atoms with Crippen LogP contribution in [0.5, 0.6) is 5.75 Å². The molecule has 0 atom stereocenters. The van der Waals surface area contributed by atoms with Crippen LogP contribution in [0.2, 0.25) is 0 Å². The van der Waals surface area contributed by atoms with Gasteiger partial charge in [-0.2, -0.15) is 0 Å². The van der Waals surface area contributed by atoms with Crippen molar-refractivity contribution < 1.29 is 5.11 Å². The average molecular weight is 147 g/mol. The molecular formula is C8H7N2O. The van der Waals surface area contributed by atoms with Crippen molar-refractivity contribution in [2.45, 2.75) is 0 Å². The Morgan fingerprint density at radius 3 is 3.18 bits per heavy atom. The number of aromatic nitrogens is 2. The molecule has 0 fully saturated rings. The number of aryl methyl sites for hydroxylation is 1. The Labute approximate surface area is 63.9 Å². The van der Waals surface area contributed by atoms with Gasteiger partial charge in [-0.1, -0.05) is 0 Å². The highest BCUT2D eigenvalue weighted by Crippen LogP contribution is 2.16. The van der Waals surface area contributed by atoms with E-state index in [0.717, 1.165) is 11.0 Å². The van der Waals surface area contributed by atoms with Crippen molar-refractivity contribution in [1.29, 1.82) is 0 Å². The molecule has 1 aromatic carbocycles. The molecule has 0 unspecified atom stereocenters. The minimum Gasteiger partial charge on any atom is -0.508 e. The predicted molar refractivity (Wildman–Crippen MR) is 41.2 cm³/mol. The fourth-order valence-electron chi connectivity index (χ4n) is 1.07. The van der Waals surface area contributed by atoms with Crippen LogP contribution in [0, 0.1) is 6.33 Å². The number of imidazole rings is 1. The topological polar surface area (TPSA) is 38.0 Å². The van der Waals surface area contributed by atoms with Gasteiger partial charge in [0, 0.05) is 13.1 Å². The van der Waals surface area contributed by atoms with E-state index < -0.39 is 0 Å². The van der Waals surface area contributed by atoms with E-state index >= 15 is 0 Å². The Hall–Kier alpha value is -1.51. The lowest BCUT2D eigenvalue weighted by Gasteiger charge is -1.92. The van der Waals surface area contributed by atoms with Gasteiger partial charge in [-0.05, 0) is 12.1 Å². The lowest BCUT2D eigenvalue weighted by Crippen LogP contribution is -1.82. The molecule has 2 aromatic rings. The number of phenolic OH excluding ortho intramolecular Hbond substituents is 1. The van der Waals surface area contributed by atoms with E-state index in [2.05, 4.69) is 11.3 Å². The minimum atomic E-state index is 0.240. The number of hydrogen-bond acceptors (Lipinski definition) is 2. The summed E-state index contributed by atoms with van der Waals surface area (Å²) in [6, 6.07) is 5.07. The van der Waals surface area contributed by atoms with Gasteiger partial charge in [-0.15, -0.1) is 0 Å². The Bertz CT molecular complexity index is 392. The van der Waals surface area contributed by atoms with Crippen molar-refractivity contribution in [3.05, 3.63) is 24.5 Å². The van der Waals surface area contributed by atoms with Gasteiger partial charge < -0.3 is 9.67 Å². The molecule has 0 saturated heterocycles. The third kappa shape index (κ3) is 0.852. The molecule has 11 heavy (non-hydrogen) atoms. The predicted octanol–water partition coefficient (Wildman–Crippen LogP) is 1.08. The molecule has 0 amide bonds. The van der Waals surface area contributed by atoms with E-state index in [0.29, 0.717) is 0 Å². The number of hydrogen-bond donors (Lipinski definition) is 1. The van der Waals surface area contributed by atoms with E-state index in [-0.39, 0.29) is 5.75 Å². The van der Waals surface area contributed by atoms with Gasteiger partial charge in [0.05, 0.1) is 11.0 Å². The maximum atomic E-state index is 9.08. The van der Waals surface area contributed by atoms with Crippen LogP contribution in [-0.4, -0.2) is 14.7 Å². The number of aromatic hydroxyl groups is 1. The molecule has 3 heteroatoms. The van der Waals surface area contributed by atoms with Crippen LogP contribution in [0.15, 0.2) is 18.2 Å². The van der Waals surface area contributed by atoms with Crippen LogP contribution in [0.1, 0.15) is 0 Å². The van der Waals surface area contributed by atoms with Crippen molar-refractivity contribution in [1.82, 2.24) is 9.55 Å². The lowest BCUT2D eigenvalue weighted by atomic mass is 10.3. The molecular weight excluding hydrogens is 140 g/mol. The van der Waals surface area contributed by atoms with E-state index in [9.17, 15) is 0 Å². The molecule has 2 rings (SSSR count). The minimum absolute atomic E-state index is 0.240. The van der Waals surface area contributed by atoms with Crippen LogP contribution in [0.25, 0.3) is 11.0 Å². The SMILES string of the molecule is Cn1[c]nc2cc(O)ccc21. The number of nitrogens with zero attached hydrogens (tertiary/aromatic N) is 2. The summed E-state index contributed by atoms with van der Waals surface area (Å²) in [6.07, 6.45) is 2.76. The molecule has 0 spiro atoms. The summed E-state index contributed by atoms with van der Waals surface area (Å²) in [4.78, 5) is 3.96. The first-order chi connectivity index (χ1) is 5.27. The number of fused-ring (bicyclic) bond motifs is 1. The van der Waals surface area contributed by atoms with Gasteiger partial charge in [0.15, 0.2) is 6.33 Å². The van der Waals surface area contributed by atoms with Crippen LogP contribution in [0.4, 0.5) is 0 Å². The zero-order chi connectivity index (χ0) is 7.84. The monoisotopic (exact) mass is 147 g/mol. The van der Waals surface area contributed by atoms with E-state index in [1.807, 2.05) is 13.1 Å². The quantitative estimate of drug-likeness (QED) is 0.605. The molecule has 3 nitrogen and oxygen atoms in total. The van der Waals surface area contributed by atoms with Gasteiger partial charge in [0.1, 0.15) is 5.75 Å². The van der Waals surface area contributed by atoms with Gasteiger partial charge in [0.25, 0.3) is 0 Å². The van der Waals surface area contributed by atoms with Crippen molar-refractivity contribution in [3.63, 3.8) is 0 Å². The molecule has 1 radical (unpaired) electrons. The van der Waals surface area contributed by atoms with Crippen molar-refractivity contribution in [2.75, 3.05) is 0 Å². The standard InChI is InChI=1S/C8H7N2O/c1-10-5-9-7-4-6(11)2-3-8(7)10/h2-4,11H,1H3. The smallest absolute Gasteiger partial charge is 0.177 e. The zero-order valence-electron chi connectivity index (χ0n) is 6.07. The molecule has 1 heterocycles. The third-order valence-electron chi connectivity index (χ3n) is 1.64. The highest BCUT2D eigenvalue weighted by atomic mass is 16.3. The molecule has 1 aromatic heterocycles. The molecule has 0 aliphatic heterocycles. The van der Waals surface area contributed by atoms with Crippen LogP contribution >= 0.6 is 0 Å². The second-order valence-electron chi connectivity index (χ2n) is 2.44. The molecule has 0 bridgehead atoms. The Balaban J connectivity index is 2.86. The molecule has 0 aliphatic carbocycles. The first kappa shape index (κ1) is 6.22. The first-order valence-corrected chi connectivity index (χ1v) is 3.30. The highest BCUT2D eigenvalue weighted by molar-refractivity contribution is 5.76. The largest absolute Gasteiger partial charge is 0.508 e. The summed E-state index contributed by atoms with van der Waals surface area (Å²) < 4.78 is 1.79. The summed E-state index contributed by atoms with van der Waals surface area (Å²) in [7, 11) is 1.87. The van der Waals surface area contributed by atoms with E-state index in [1.165, 1.54) is 0 Å². The number of benzene rings is 1. The second kappa shape index (κ2) is 1.99. The van der Waals surface area contributed by atoms with Gasteiger partial charge in [-0.25, -0.2) is 4.98 Å². The van der Waals surface area contributed by atoms with Gasteiger partial charge in [0.2, 0.25) is 0 Å². The van der Waals surface area contributed by atoms with Crippen molar-refractivity contribution >= 4 is 11.0 Å². The third-order valence-corrected chi connectivity index (χ3v) is 1.64. The Morgan fingerprint density at radius 1 is 1.55 bits per heavy atom. The zero-order valence-corrected chi connectivity index (χ0v) is 6.07. The second-order valence-corrected chi connectivity index (χ2v) is 2.44. The molecule has 0 aliphatic rings. The number of rotatable bonds is 0. The van der Waals surface area contributed by atoms with Gasteiger partial charge >= 0.3 is 0 Å². The van der Waals surface area contributed by atoms with Crippen molar-refractivity contribution in [3.8, 4) is 5.75 Å². The molecule has 0 saturated carbocycles. The summed E-state index contributed by atoms with van der Waals surface area (Å²) >= 11 is 0. The molecule has 1 N–H and O–H groups in total. The van der Waals surface area contributed by atoms with Crippen molar-refractivity contribution in [2.24, 2.45) is 7.05 Å². The highest BCUT2D eigenvalue weighted by Gasteiger charge is 1.98. The summed E-state index contributed by atoms with van der Waals surface area (Å²) in [5.74, 6) is 0.240. The Kier molecular flexibility index (Phi) is 1.12. The number of phenols is 1. The normalized spacial score (nSPS) is 10.6. The van der Waals surface area contributed by atoms with Gasteiger partial charge in [-0.3, -0.25) is 0 Å². The van der Waals surface area contributed by atoms with E-state index in [4.69, 9.17) is 5.11 Å². The average Bonchev–Trinajstić information content (AvgIpc) is 2.32. The summed E-state index contributed by atoms with van der Waals surface area (Å²) in [5, 5.41) is 9.08. The van der Waals surface area contributed by atoms with E-state index in [1.54, 1.807) is 16.7 Å². The summed E-state index contributed by atoms with van der Waals surface area (Å²) in [6.45, 7) is 0. The lowest BCUT2D eigenvalue weighted by molar-refractivity contribution is 0.476. The fourth-order valence-corrected chi connectivity index (χ4v) is 1.07. The Morgan fingerprint density at radius 2 is 2.36 bits per heavy atom. The molecule has 55 valence electrons. The van der Waals surface area contributed by atoms with Crippen LogP contribution in [0.3, 0.4) is 0 Å².